The van der Waals surface area contributed by atoms with E-state index in [0.29, 0.717) is 18.7 Å². The Hall–Kier alpha value is -3.86. The molecule has 5 nitrogen and oxygen atoms in total. The number of benzene rings is 3. The fourth-order valence-electron chi connectivity index (χ4n) is 4.67. The standard InChI is InChI=1S/C27H25N3O2/c1-18-25(22-13-7-8-14-23(22)29-18)26-20-11-5-6-12-21(20)27(32)30(26)16-15-24(31)28-17-19-9-3-2-4-10-19/h2-14,26,29H,15-17H2,1H3,(H,28,31)/t26-/m1/s1. The Kier molecular flexibility index (Phi) is 5.23. The van der Waals surface area contributed by atoms with E-state index in [-0.39, 0.29) is 24.3 Å². The summed E-state index contributed by atoms with van der Waals surface area (Å²) in [6.07, 6.45) is 0.254. The van der Waals surface area contributed by atoms with Crippen molar-refractivity contribution in [2.24, 2.45) is 0 Å². The number of hydrogen-bond acceptors (Lipinski definition) is 2. The topological polar surface area (TPSA) is 65.2 Å². The van der Waals surface area contributed by atoms with E-state index in [1.54, 1.807) is 0 Å². The molecule has 1 atom stereocenters. The van der Waals surface area contributed by atoms with Crippen molar-refractivity contribution in [1.29, 1.82) is 0 Å². The van der Waals surface area contributed by atoms with Gasteiger partial charge in [0.05, 0.1) is 6.04 Å². The third kappa shape index (κ3) is 3.56. The van der Waals surface area contributed by atoms with Crippen molar-refractivity contribution >= 4 is 22.7 Å². The zero-order valence-corrected chi connectivity index (χ0v) is 18.0. The minimum absolute atomic E-state index is 0.0221. The smallest absolute Gasteiger partial charge is 0.255 e. The highest BCUT2D eigenvalue weighted by Crippen LogP contribution is 2.42. The molecule has 5 rings (SSSR count). The van der Waals surface area contributed by atoms with Gasteiger partial charge in [-0.15, -0.1) is 0 Å². The maximum atomic E-state index is 13.3. The lowest BCUT2D eigenvalue weighted by molar-refractivity contribution is -0.121. The van der Waals surface area contributed by atoms with Gasteiger partial charge in [-0.2, -0.15) is 0 Å². The molecule has 5 heteroatoms. The molecule has 0 fully saturated rings. The number of hydrogen-bond donors (Lipinski definition) is 2. The first-order chi connectivity index (χ1) is 15.6. The van der Waals surface area contributed by atoms with Gasteiger partial charge in [0.25, 0.3) is 5.91 Å². The van der Waals surface area contributed by atoms with Crippen LogP contribution in [0.3, 0.4) is 0 Å². The van der Waals surface area contributed by atoms with Crippen LogP contribution in [0.4, 0.5) is 0 Å². The molecule has 1 aliphatic heterocycles. The van der Waals surface area contributed by atoms with Crippen molar-refractivity contribution in [3.63, 3.8) is 0 Å². The first kappa shape index (κ1) is 20.1. The number of fused-ring (bicyclic) bond motifs is 2. The Labute approximate surface area is 187 Å². The molecule has 2 N–H and O–H groups in total. The van der Waals surface area contributed by atoms with Crippen molar-refractivity contribution in [1.82, 2.24) is 15.2 Å². The summed E-state index contributed by atoms with van der Waals surface area (Å²) in [5.41, 5.74) is 5.96. The summed E-state index contributed by atoms with van der Waals surface area (Å²) < 4.78 is 0. The number of aromatic nitrogens is 1. The number of carbonyl (C=O) groups excluding carboxylic acids is 2. The third-order valence-electron chi connectivity index (χ3n) is 6.19. The molecule has 32 heavy (non-hydrogen) atoms. The lowest BCUT2D eigenvalue weighted by atomic mass is 9.95. The lowest BCUT2D eigenvalue weighted by Crippen LogP contribution is -2.34. The van der Waals surface area contributed by atoms with Gasteiger partial charge in [-0.25, -0.2) is 0 Å². The molecule has 0 saturated heterocycles. The van der Waals surface area contributed by atoms with Crippen molar-refractivity contribution in [2.45, 2.75) is 25.9 Å². The predicted molar refractivity (Wildman–Crippen MR) is 125 cm³/mol. The van der Waals surface area contributed by atoms with E-state index in [4.69, 9.17) is 0 Å². The normalized spacial score (nSPS) is 15.2. The Morgan fingerprint density at radius 2 is 1.69 bits per heavy atom. The molecule has 0 saturated carbocycles. The molecule has 3 aromatic carbocycles. The highest BCUT2D eigenvalue weighted by Gasteiger charge is 2.39. The molecular weight excluding hydrogens is 398 g/mol. The monoisotopic (exact) mass is 423 g/mol. The zero-order chi connectivity index (χ0) is 22.1. The molecule has 1 aliphatic rings. The minimum atomic E-state index is -0.211. The fourth-order valence-corrected chi connectivity index (χ4v) is 4.67. The van der Waals surface area contributed by atoms with Crippen LogP contribution in [0.25, 0.3) is 10.9 Å². The van der Waals surface area contributed by atoms with Gasteiger partial charge in [-0.3, -0.25) is 9.59 Å². The van der Waals surface area contributed by atoms with Gasteiger partial charge < -0.3 is 15.2 Å². The van der Waals surface area contributed by atoms with Gasteiger partial charge in [0.1, 0.15) is 0 Å². The number of para-hydroxylation sites is 1. The number of amides is 2. The maximum absolute atomic E-state index is 13.3. The highest BCUT2D eigenvalue weighted by molar-refractivity contribution is 6.01. The van der Waals surface area contributed by atoms with E-state index in [1.165, 1.54) is 0 Å². The first-order valence-corrected chi connectivity index (χ1v) is 10.9. The first-order valence-electron chi connectivity index (χ1n) is 10.9. The highest BCUT2D eigenvalue weighted by atomic mass is 16.2. The van der Waals surface area contributed by atoms with Gasteiger partial charge >= 0.3 is 0 Å². The molecule has 1 aromatic heterocycles. The number of nitrogens with one attached hydrogen (secondary N) is 2. The second-order valence-electron chi connectivity index (χ2n) is 8.21. The summed E-state index contributed by atoms with van der Waals surface area (Å²) in [4.78, 5) is 31.2. The number of nitrogens with zero attached hydrogens (tertiary/aromatic N) is 1. The fraction of sp³-hybridized carbons (Fsp3) is 0.185. The Balaban J connectivity index is 1.41. The van der Waals surface area contributed by atoms with Crippen LogP contribution in [-0.2, 0) is 11.3 Å². The van der Waals surface area contributed by atoms with Crippen LogP contribution >= 0.6 is 0 Å². The molecule has 2 heterocycles. The number of carbonyl (C=O) groups is 2. The number of rotatable bonds is 6. The number of aromatic amines is 1. The van der Waals surface area contributed by atoms with E-state index in [9.17, 15) is 9.59 Å². The van der Waals surface area contributed by atoms with Crippen LogP contribution in [0.1, 0.15) is 45.2 Å². The Bertz CT molecular complexity index is 1290. The molecule has 0 unspecified atom stereocenters. The summed E-state index contributed by atoms with van der Waals surface area (Å²) in [6, 6.07) is 25.5. The van der Waals surface area contributed by atoms with E-state index >= 15 is 0 Å². The average molecular weight is 424 g/mol. The molecule has 160 valence electrons. The zero-order valence-electron chi connectivity index (χ0n) is 18.0. The Morgan fingerprint density at radius 1 is 0.969 bits per heavy atom. The Morgan fingerprint density at radius 3 is 2.53 bits per heavy atom. The number of aryl methyl sites for hydroxylation is 1. The molecule has 4 aromatic rings. The summed E-state index contributed by atoms with van der Waals surface area (Å²) in [5.74, 6) is -0.0850. The van der Waals surface area contributed by atoms with Crippen LogP contribution in [0.5, 0.6) is 0 Å². The van der Waals surface area contributed by atoms with E-state index in [0.717, 1.165) is 33.3 Å². The minimum Gasteiger partial charge on any atom is -0.358 e. The summed E-state index contributed by atoms with van der Waals surface area (Å²) in [7, 11) is 0. The second kappa shape index (κ2) is 8.35. The van der Waals surface area contributed by atoms with E-state index < -0.39 is 0 Å². The van der Waals surface area contributed by atoms with Crippen molar-refractivity contribution in [2.75, 3.05) is 6.54 Å². The third-order valence-corrected chi connectivity index (χ3v) is 6.19. The summed E-state index contributed by atoms with van der Waals surface area (Å²) in [5, 5.41) is 4.08. The van der Waals surface area contributed by atoms with Crippen molar-refractivity contribution < 1.29 is 9.59 Å². The molecule has 0 aliphatic carbocycles. The molecule has 0 spiro atoms. The van der Waals surface area contributed by atoms with Gasteiger partial charge in [0, 0.05) is 47.2 Å². The van der Waals surface area contributed by atoms with Crippen LogP contribution < -0.4 is 5.32 Å². The van der Waals surface area contributed by atoms with Crippen LogP contribution in [0.15, 0.2) is 78.9 Å². The molecule has 0 bridgehead atoms. The molecule has 2 amide bonds. The van der Waals surface area contributed by atoms with Crippen LogP contribution in [-0.4, -0.2) is 28.2 Å². The van der Waals surface area contributed by atoms with E-state index in [2.05, 4.69) is 22.4 Å². The average Bonchev–Trinajstić information content (AvgIpc) is 3.29. The van der Waals surface area contributed by atoms with Crippen molar-refractivity contribution in [3.05, 3.63) is 107 Å². The van der Waals surface area contributed by atoms with E-state index in [1.807, 2.05) is 78.6 Å². The van der Waals surface area contributed by atoms with Gasteiger partial charge in [-0.1, -0.05) is 66.7 Å². The number of H-pyrrole nitrogens is 1. The largest absolute Gasteiger partial charge is 0.358 e. The van der Waals surface area contributed by atoms with Gasteiger partial charge in [-0.05, 0) is 30.2 Å². The van der Waals surface area contributed by atoms with Crippen LogP contribution in [0, 0.1) is 6.92 Å². The predicted octanol–water partition coefficient (Wildman–Crippen LogP) is 4.73. The quantitative estimate of drug-likeness (QED) is 0.471. The molecule has 0 radical (unpaired) electrons. The maximum Gasteiger partial charge on any atom is 0.255 e. The SMILES string of the molecule is Cc1[nH]c2ccccc2c1[C@H]1c2ccccc2C(=O)N1CCC(=O)NCc1ccccc1. The molecular formula is C27H25N3O2. The lowest BCUT2D eigenvalue weighted by Gasteiger charge is -2.26. The van der Waals surface area contributed by atoms with Crippen molar-refractivity contribution in [3.8, 4) is 0 Å². The second-order valence-corrected chi connectivity index (χ2v) is 8.21. The summed E-state index contributed by atoms with van der Waals surface area (Å²) in [6.45, 7) is 2.89. The summed E-state index contributed by atoms with van der Waals surface area (Å²) >= 11 is 0. The van der Waals surface area contributed by atoms with Gasteiger partial charge in [0.2, 0.25) is 5.91 Å². The van der Waals surface area contributed by atoms with Crippen LogP contribution in [0.2, 0.25) is 0 Å². The van der Waals surface area contributed by atoms with Gasteiger partial charge in [0.15, 0.2) is 0 Å².